The van der Waals surface area contributed by atoms with Gasteiger partial charge in [-0.15, -0.1) is 0 Å². The van der Waals surface area contributed by atoms with Crippen molar-refractivity contribution < 1.29 is 9.29 Å². The van der Waals surface area contributed by atoms with Crippen molar-refractivity contribution in [3.05, 3.63) is 65.0 Å². The number of halogens is 1. The molecule has 0 aliphatic carbocycles. The van der Waals surface area contributed by atoms with E-state index in [1.165, 1.54) is 28.2 Å². The van der Waals surface area contributed by atoms with Gasteiger partial charge in [0.1, 0.15) is 12.4 Å². The zero-order chi connectivity index (χ0) is 17.8. The van der Waals surface area contributed by atoms with Crippen molar-refractivity contribution in [3.63, 3.8) is 0 Å². The second-order valence-electron chi connectivity index (χ2n) is 6.78. The molecule has 1 aliphatic rings. The first-order valence-electron chi connectivity index (χ1n) is 8.73. The number of benzene rings is 2. The van der Waals surface area contributed by atoms with Gasteiger partial charge < -0.3 is 15.1 Å². The fraction of sp³-hybridized carbons (Fsp3) is 0.350. The number of quaternary nitrogens is 1. The maximum atomic E-state index is 13.1. The van der Waals surface area contributed by atoms with Crippen LogP contribution >= 0.6 is 12.2 Å². The van der Waals surface area contributed by atoms with Crippen LogP contribution in [-0.2, 0) is 6.54 Å². The van der Waals surface area contributed by atoms with Gasteiger partial charge in [0, 0.05) is 24.2 Å². The minimum Gasteiger partial charge on any atom is -0.332 e. The van der Waals surface area contributed by atoms with Crippen molar-refractivity contribution in [3.8, 4) is 0 Å². The molecule has 0 saturated carbocycles. The number of hydrogen-bond acceptors (Lipinski definition) is 1. The molecule has 0 spiro atoms. The fourth-order valence-electron chi connectivity index (χ4n) is 3.35. The number of rotatable bonds is 3. The van der Waals surface area contributed by atoms with E-state index in [1.54, 1.807) is 0 Å². The topological polar surface area (TPSA) is 19.7 Å². The van der Waals surface area contributed by atoms with Crippen LogP contribution in [0.4, 0.5) is 10.1 Å². The average molecular weight is 359 g/mol. The van der Waals surface area contributed by atoms with E-state index >= 15 is 0 Å². The fourth-order valence-corrected chi connectivity index (χ4v) is 3.61. The van der Waals surface area contributed by atoms with Gasteiger partial charge in [-0.3, -0.25) is 0 Å². The molecule has 2 aromatic rings. The molecule has 1 saturated heterocycles. The third-order valence-corrected chi connectivity index (χ3v) is 5.10. The molecule has 3 rings (SSSR count). The van der Waals surface area contributed by atoms with Crippen molar-refractivity contribution in [1.29, 1.82) is 0 Å². The van der Waals surface area contributed by atoms with E-state index in [9.17, 15) is 4.39 Å². The third kappa shape index (κ3) is 4.55. The summed E-state index contributed by atoms with van der Waals surface area (Å²) in [5, 5.41) is 4.22. The highest BCUT2D eigenvalue weighted by Gasteiger charge is 2.23. The number of thiocarbonyl (C=S) groups is 1. The summed E-state index contributed by atoms with van der Waals surface area (Å²) in [5.74, 6) is -0.182. The molecule has 3 nitrogen and oxygen atoms in total. The largest absolute Gasteiger partial charge is 0.332 e. The molecule has 1 heterocycles. The average Bonchev–Trinajstić information content (AvgIpc) is 2.60. The quantitative estimate of drug-likeness (QED) is 0.823. The molecule has 1 fully saturated rings. The van der Waals surface area contributed by atoms with Crippen LogP contribution in [0.2, 0.25) is 0 Å². The Morgan fingerprint density at radius 2 is 1.84 bits per heavy atom. The van der Waals surface area contributed by atoms with Crippen molar-refractivity contribution in [2.45, 2.75) is 26.8 Å². The van der Waals surface area contributed by atoms with Gasteiger partial charge in [-0.2, -0.15) is 0 Å². The van der Waals surface area contributed by atoms with Crippen molar-refractivity contribution in [2.24, 2.45) is 0 Å². The van der Waals surface area contributed by atoms with Crippen molar-refractivity contribution >= 4 is 23.0 Å². The van der Waals surface area contributed by atoms with Crippen LogP contribution in [-0.4, -0.2) is 29.8 Å². The maximum absolute atomic E-state index is 13.1. The summed E-state index contributed by atoms with van der Waals surface area (Å²) in [6.07, 6.45) is 1.10. The Labute approximate surface area is 154 Å². The number of hydrogen-bond donors (Lipinski definition) is 2. The Morgan fingerprint density at radius 3 is 2.52 bits per heavy atom. The summed E-state index contributed by atoms with van der Waals surface area (Å²) in [5.41, 5.74) is 4.68. The third-order valence-electron chi connectivity index (χ3n) is 4.74. The molecule has 25 heavy (non-hydrogen) atoms. The molecule has 0 bridgehead atoms. The van der Waals surface area contributed by atoms with Gasteiger partial charge in [0.05, 0.1) is 6.54 Å². The van der Waals surface area contributed by atoms with Gasteiger partial charge in [-0.1, -0.05) is 30.3 Å². The van der Waals surface area contributed by atoms with Crippen molar-refractivity contribution in [1.82, 2.24) is 4.90 Å². The molecule has 5 heteroatoms. The van der Waals surface area contributed by atoms with Crippen LogP contribution in [0.3, 0.4) is 0 Å². The minimum atomic E-state index is -0.182. The number of aryl methyl sites for hydroxylation is 2. The van der Waals surface area contributed by atoms with Crippen LogP contribution < -0.4 is 10.2 Å². The van der Waals surface area contributed by atoms with E-state index in [-0.39, 0.29) is 5.82 Å². The summed E-state index contributed by atoms with van der Waals surface area (Å²) < 4.78 is 13.1. The molecule has 1 aliphatic heterocycles. The first kappa shape index (κ1) is 17.8. The standard InChI is InChI=1S/C20H24FN3S/c1-15-5-3-6-16(2)19(15)22-20(25)24-12-4-11-23(14-24)13-17-7-9-18(21)10-8-17/h3,5-10H,4,11-14H2,1-2H3,(H,22,25)/p+1. The Kier molecular flexibility index (Phi) is 5.66. The number of nitrogens with one attached hydrogen (secondary N) is 2. The lowest BCUT2D eigenvalue weighted by Gasteiger charge is -2.34. The first-order valence-corrected chi connectivity index (χ1v) is 9.14. The smallest absolute Gasteiger partial charge is 0.177 e. The van der Waals surface area contributed by atoms with Gasteiger partial charge in [-0.25, -0.2) is 4.39 Å². The minimum absolute atomic E-state index is 0.182. The van der Waals surface area contributed by atoms with Gasteiger partial charge >= 0.3 is 0 Å². The predicted molar refractivity (Wildman–Crippen MR) is 104 cm³/mol. The lowest BCUT2D eigenvalue weighted by Crippen LogP contribution is -3.13. The van der Waals surface area contributed by atoms with E-state index in [0.29, 0.717) is 0 Å². The second kappa shape index (κ2) is 7.93. The Balaban J connectivity index is 1.62. The molecule has 2 aromatic carbocycles. The molecule has 1 atom stereocenters. The monoisotopic (exact) mass is 358 g/mol. The zero-order valence-corrected chi connectivity index (χ0v) is 15.6. The van der Waals surface area contributed by atoms with E-state index in [2.05, 4.69) is 42.3 Å². The van der Waals surface area contributed by atoms with Crippen molar-refractivity contribution in [2.75, 3.05) is 25.1 Å². The van der Waals surface area contributed by atoms with Crippen LogP contribution in [0.15, 0.2) is 42.5 Å². The SMILES string of the molecule is Cc1cccc(C)c1NC(=S)N1CCC[NH+](Cc2ccc(F)cc2)C1. The summed E-state index contributed by atoms with van der Waals surface area (Å²) in [6, 6.07) is 13.1. The Bertz CT molecular complexity index is 725. The molecule has 132 valence electrons. The van der Waals surface area contributed by atoms with Gasteiger partial charge in [0.15, 0.2) is 11.8 Å². The van der Waals surface area contributed by atoms with E-state index in [0.717, 1.165) is 49.1 Å². The highest BCUT2D eigenvalue weighted by Crippen LogP contribution is 2.20. The molecule has 2 N–H and O–H groups in total. The highest BCUT2D eigenvalue weighted by molar-refractivity contribution is 7.80. The normalized spacial score (nSPS) is 17.4. The number of para-hydroxylation sites is 1. The molecule has 0 amide bonds. The zero-order valence-electron chi connectivity index (χ0n) is 14.8. The first-order chi connectivity index (χ1) is 12.0. The summed E-state index contributed by atoms with van der Waals surface area (Å²) in [6.45, 7) is 8.04. The predicted octanol–water partition coefficient (Wildman–Crippen LogP) is 2.89. The Morgan fingerprint density at radius 1 is 1.16 bits per heavy atom. The number of nitrogens with zero attached hydrogens (tertiary/aromatic N) is 1. The lowest BCUT2D eigenvalue weighted by molar-refractivity contribution is -0.927. The van der Waals surface area contributed by atoms with Crippen LogP contribution in [0.5, 0.6) is 0 Å². The molecular formula is C20H25FN3S+. The maximum Gasteiger partial charge on any atom is 0.177 e. The highest BCUT2D eigenvalue weighted by atomic mass is 32.1. The Hall–Kier alpha value is -1.98. The van der Waals surface area contributed by atoms with Gasteiger partial charge in [0.2, 0.25) is 0 Å². The van der Waals surface area contributed by atoms with Gasteiger partial charge in [0.25, 0.3) is 0 Å². The van der Waals surface area contributed by atoms with E-state index in [4.69, 9.17) is 12.2 Å². The summed E-state index contributed by atoms with van der Waals surface area (Å²) in [4.78, 5) is 3.69. The molecule has 1 unspecified atom stereocenters. The van der Waals surface area contributed by atoms with E-state index < -0.39 is 0 Å². The lowest BCUT2D eigenvalue weighted by atomic mass is 10.1. The molecule has 0 radical (unpaired) electrons. The van der Waals surface area contributed by atoms with E-state index in [1.807, 2.05) is 12.1 Å². The van der Waals surface area contributed by atoms with Crippen LogP contribution in [0.25, 0.3) is 0 Å². The summed E-state index contributed by atoms with van der Waals surface area (Å²) >= 11 is 5.66. The van der Waals surface area contributed by atoms with Crippen LogP contribution in [0.1, 0.15) is 23.1 Å². The van der Waals surface area contributed by atoms with Gasteiger partial charge in [-0.05, 0) is 49.3 Å². The molecule has 0 aromatic heterocycles. The van der Waals surface area contributed by atoms with Crippen LogP contribution in [0, 0.1) is 19.7 Å². The summed E-state index contributed by atoms with van der Waals surface area (Å²) in [7, 11) is 0. The second-order valence-corrected chi connectivity index (χ2v) is 7.16. The number of anilines is 1. The molecular weight excluding hydrogens is 333 g/mol.